The first-order chi connectivity index (χ1) is 13.3. The van der Waals surface area contributed by atoms with Crippen molar-refractivity contribution in [1.82, 2.24) is 0 Å². The number of benzene rings is 5. The fourth-order valence-electron chi connectivity index (χ4n) is 4.17. The lowest BCUT2D eigenvalue weighted by Gasteiger charge is -2.18. The Kier molecular flexibility index (Phi) is 3.94. The average Bonchev–Trinajstić information content (AvgIpc) is 2.73. The van der Waals surface area contributed by atoms with E-state index >= 15 is 0 Å². The summed E-state index contributed by atoms with van der Waals surface area (Å²) >= 11 is 0. The molecule has 0 aliphatic rings. The fourth-order valence-corrected chi connectivity index (χ4v) is 5.45. The van der Waals surface area contributed by atoms with E-state index in [1.54, 1.807) is 14.2 Å². The van der Waals surface area contributed by atoms with Crippen molar-refractivity contribution in [3.05, 3.63) is 78.9 Å². The first-order valence-corrected chi connectivity index (χ1v) is 10.3. The lowest BCUT2D eigenvalue weighted by molar-refractivity contribution is 0.292. The highest BCUT2D eigenvalue weighted by molar-refractivity contribution is 6.63. The zero-order valence-electron chi connectivity index (χ0n) is 15.3. The number of hydrogen-bond acceptors (Lipinski definition) is 2. The maximum Gasteiger partial charge on any atom is 0.423 e. The largest absolute Gasteiger partial charge is 0.423 e. The van der Waals surface area contributed by atoms with Gasteiger partial charge in [0.05, 0.1) is 0 Å². The highest BCUT2D eigenvalue weighted by atomic mass is 28.3. The molecule has 0 unspecified atom stereocenters. The van der Waals surface area contributed by atoms with Crippen LogP contribution in [0.5, 0.6) is 0 Å². The predicted octanol–water partition coefficient (Wildman–Crippen LogP) is 5.24. The second-order valence-corrected chi connectivity index (χ2v) is 8.64. The molecule has 5 aromatic carbocycles. The molecule has 1 radical (unpaired) electrons. The first kappa shape index (κ1) is 16.5. The molecule has 0 fully saturated rings. The number of hydrogen-bond donors (Lipinski definition) is 0. The van der Waals surface area contributed by atoms with Gasteiger partial charge in [-0.3, -0.25) is 0 Å². The Morgan fingerprint density at radius 1 is 0.556 bits per heavy atom. The van der Waals surface area contributed by atoms with Crippen molar-refractivity contribution in [3.63, 3.8) is 0 Å². The normalized spacial score (nSPS) is 12.0. The zero-order chi connectivity index (χ0) is 18.4. The van der Waals surface area contributed by atoms with Crippen LogP contribution in [0.4, 0.5) is 0 Å². The highest BCUT2D eigenvalue weighted by Crippen LogP contribution is 2.38. The van der Waals surface area contributed by atoms with Crippen molar-refractivity contribution in [1.29, 1.82) is 0 Å². The molecule has 3 heteroatoms. The molecule has 5 aromatic rings. The van der Waals surface area contributed by atoms with E-state index in [0.29, 0.717) is 0 Å². The molecule has 0 N–H and O–H groups in total. The smallest absolute Gasteiger partial charge is 0.393 e. The van der Waals surface area contributed by atoms with E-state index in [1.807, 2.05) is 0 Å². The standard InChI is InChI=1S/C24H19O2Si/c1-25-27(26-2)22-9-4-3-8-20(22)19-14-12-18-11-10-16-6-5-7-17-13-15-21(19)24(18)23(16)17/h3-15H,1-2H3. The van der Waals surface area contributed by atoms with Gasteiger partial charge in [-0.15, -0.1) is 0 Å². The summed E-state index contributed by atoms with van der Waals surface area (Å²) in [5.74, 6) is 0. The fraction of sp³-hybridized carbons (Fsp3) is 0.0833. The van der Waals surface area contributed by atoms with Crippen LogP contribution in [0.3, 0.4) is 0 Å². The van der Waals surface area contributed by atoms with Gasteiger partial charge < -0.3 is 8.85 Å². The van der Waals surface area contributed by atoms with Crippen molar-refractivity contribution in [3.8, 4) is 11.1 Å². The molecular weight excluding hydrogens is 348 g/mol. The van der Waals surface area contributed by atoms with Gasteiger partial charge in [-0.25, -0.2) is 0 Å². The molecule has 2 nitrogen and oxygen atoms in total. The molecule has 0 aromatic heterocycles. The Bertz CT molecular complexity index is 1240. The second kappa shape index (κ2) is 6.46. The van der Waals surface area contributed by atoms with E-state index in [4.69, 9.17) is 8.85 Å². The Labute approximate surface area is 160 Å². The molecule has 0 saturated heterocycles. The summed E-state index contributed by atoms with van der Waals surface area (Å²) in [6.45, 7) is 0. The van der Waals surface area contributed by atoms with E-state index in [9.17, 15) is 0 Å². The van der Waals surface area contributed by atoms with E-state index in [1.165, 1.54) is 43.4 Å². The van der Waals surface area contributed by atoms with Crippen LogP contribution in [0.25, 0.3) is 43.4 Å². The van der Waals surface area contributed by atoms with Gasteiger partial charge in [-0.2, -0.15) is 0 Å². The van der Waals surface area contributed by atoms with Crippen molar-refractivity contribution < 1.29 is 8.85 Å². The minimum absolute atomic E-state index is 1.14. The van der Waals surface area contributed by atoms with Crippen molar-refractivity contribution in [2.24, 2.45) is 0 Å². The van der Waals surface area contributed by atoms with Crippen LogP contribution in [0.1, 0.15) is 0 Å². The molecule has 5 rings (SSSR count). The third kappa shape index (κ3) is 2.47. The van der Waals surface area contributed by atoms with Crippen molar-refractivity contribution in [2.45, 2.75) is 0 Å². The van der Waals surface area contributed by atoms with Gasteiger partial charge in [-0.05, 0) is 43.4 Å². The summed E-state index contributed by atoms with van der Waals surface area (Å²) in [5.41, 5.74) is 2.42. The van der Waals surface area contributed by atoms with Crippen LogP contribution in [-0.2, 0) is 8.85 Å². The lowest BCUT2D eigenvalue weighted by atomic mass is 9.90. The van der Waals surface area contributed by atoms with E-state index in [2.05, 4.69) is 78.9 Å². The van der Waals surface area contributed by atoms with Crippen LogP contribution < -0.4 is 5.19 Å². The maximum absolute atomic E-state index is 5.65. The summed E-state index contributed by atoms with van der Waals surface area (Å²) in [4.78, 5) is 0. The predicted molar refractivity (Wildman–Crippen MR) is 115 cm³/mol. The van der Waals surface area contributed by atoms with E-state index in [-0.39, 0.29) is 0 Å². The third-order valence-corrected chi connectivity index (χ3v) is 6.95. The molecular formula is C24H19O2Si. The molecule has 0 saturated carbocycles. The van der Waals surface area contributed by atoms with Gasteiger partial charge in [-0.1, -0.05) is 78.9 Å². The monoisotopic (exact) mass is 367 g/mol. The minimum atomic E-state index is -1.51. The number of rotatable bonds is 4. The molecule has 0 aliphatic heterocycles. The molecule has 131 valence electrons. The summed E-state index contributed by atoms with van der Waals surface area (Å²) < 4.78 is 11.3. The van der Waals surface area contributed by atoms with Gasteiger partial charge in [0.25, 0.3) is 0 Å². The Balaban J connectivity index is 1.88. The van der Waals surface area contributed by atoms with Crippen LogP contribution in [-0.4, -0.2) is 23.5 Å². The lowest BCUT2D eigenvalue weighted by Crippen LogP contribution is -2.36. The topological polar surface area (TPSA) is 18.5 Å². The first-order valence-electron chi connectivity index (χ1n) is 9.03. The molecule has 0 aliphatic carbocycles. The summed E-state index contributed by atoms with van der Waals surface area (Å²) in [6.07, 6.45) is 0. The third-order valence-electron chi connectivity index (χ3n) is 5.34. The van der Waals surface area contributed by atoms with E-state index in [0.717, 1.165) is 5.19 Å². The second-order valence-electron chi connectivity index (χ2n) is 6.71. The molecule has 0 spiro atoms. The van der Waals surface area contributed by atoms with Gasteiger partial charge in [0.15, 0.2) is 0 Å². The quantitative estimate of drug-likeness (QED) is 0.319. The maximum atomic E-state index is 5.65. The van der Waals surface area contributed by atoms with Crippen LogP contribution in [0.2, 0.25) is 0 Å². The molecule has 0 heterocycles. The van der Waals surface area contributed by atoms with Crippen LogP contribution in [0, 0.1) is 0 Å². The highest BCUT2D eigenvalue weighted by Gasteiger charge is 2.21. The molecule has 0 bridgehead atoms. The Morgan fingerprint density at radius 2 is 1.19 bits per heavy atom. The minimum Gasteiger partial charge on any atom is -0.393 e. The molecule has 0 atom stereocenters. The van der Waals surface area contributed by atoms with Crippen LogP contribution >= 0.6 is 0 Å². The summed E-state index contributed by atoms with van der Waals surface area (Å²) in [5, 5.41) is 8.95. The molecule has 27 heavy (non-hydrogen) atoms. The van der Waals surface area contributed by atoms with Crippen molar-refractivity contribution >= 4 is 46.8 Å². The van der Waals surface area contributed by atoms with Gasteiger partial charge in [0.1, 0.15) is 0 Å². The molecule has 0 amide bonds. The van der Waals surface area contributed by atoms with Crippen LogP contribution in [0.15, 0.2) is 78.9 Å². The summed E-state index contributed by atoms with van der Waals surface area (Å²) in [6, 6.07) is 28.3. The SMILES string of the molecule is CO[Si](OC)c1ccccc1-c1ccc2ccc3cccc4ccc1c2c34. The van der Waals surface area contributed by atoms with Gasteiger partial charge in [0.2, 0.25) is 0 Å². The van der Waals surface area contributed by atoms with Gasteiger partial charge >= 0.3 is 9.28 Å². The van der Waals surface area contributed by atoms with E-state index < -0.39 is 9.28 Å². The van der Waals surface area contributed by atoms with Crippen molar-refractivity contribution in [2.75, 3.05) is 14.2 Å². The Morgan fingerprint density at radius 3 is 1.93 bits per heavy atom. The zero-order valence-corrected chi connectivity index (χ0v) is 16.3. The summed E-state index contributed by atoms with van der Waals surface area (Å²) in [7, 11) is 1.94. The average molecular weight is 368 g/mol. The Hall–Kier alpha value is -2.72. The van der Waals surface area contributed by atoms with Gasteiger partial charge in [0, 0.05) is 19.4 Å².